The second-order valence-corrected chi connectivity index (χ2v) is 8.61. The van der Waals surface area contributed by atoms with Crippen molar-refractivity contribution in [2.45, 2.75) is 44.0 Å². The van der Waals surface area contributed by atoms with Crippen molar-refractivity contribution in [2.75, 3.05) is 26.3 Å². The first-order valence-electron chi connectivity index (χ1n) is 8.88. The summed E-state index contributed by atoms with van der Waals surface area (Å²) < 4.78 is 32.1. The minimum Gasteiger partial charge on any atom is -0.481 e. The molecule has 0 radical (unpaired) electrons. The van der Waals surface area contributed by atoms with Gasteiger partial charge in [0.1, 0.15) is 0 Å². The molecule has 1 amide bonds. The van der Waals surface area contributed by atoms with Gasteiger partial charge in [0.2, 0.25) is 10.0 Å². The number of nitrogens with one attached hydrogen (secondary N) is 1. The minimum atomic E-state index is -3.70. The van der Waals surface area contributed by atoms with Gasteiger partial charge in [0.15, 0.2) is 0 Å². The first kappa shape index (κ1) is 21.3. The van der Waals surface area contributed by atoms with Gasteiger partial charge in [0, 0.05) is 25.3 Å². The highest BCUT2D eigenvalue weighted by atomic mass is 32.2. The van der Waals surface area contributed by atoms with Gasteiger partial charge < -0.3 is 15.2 Å². The number of benzene rings is 1. The minimum absolute atomic E-state index is 0.0388. The van der Waals surface area contributed by atoms with Gasteiger partial charge in [0.25, 0.3) is 5.91 Å². The highest BCUT2D eigenvalue weighted by Gasteiger charge is 2.39. The van der Waals surface area contributed by atoms with Crippen LogP contribution in [-0.2, 0) is 19.6 Å². The van der Waals surface area contributed by atoms with Crippen molar-refractivity contribution >= 4 is 21.9 Å². The van der Waals surface area contributed by atoms with Crippen LogP contribution >= 0.6 is 0 Å². The third-order valence-electron chi connectivity index (χ3n) is 4.77. The van der Waals surface area contributed by atoms with E-state index in [-0.39, 0.29) is 23.5 Å². The number of amides is 1. The van der Waals surface area contributed by atoms with Crippen molar-refractivity contribution < 1.29 is 27.9 Å². The fraction of sp³-hybridized carbons (Fsp3) is 0.556. The summed E-state index contributed by atoms with van der Waals surface area (Å²) in [4.78, 5) is 24.0. The number of ether oxygens (including phenoxy) is 1. The average Bonchev–Trinajstić information content (AvgIpc) is 3.02. The number of rotatable bonds is 8. The van der Waals surface area contributed by atoms with Crippen LogP contribution < -0.4 is 5.32 Å². The lowest BCUT2D eigenvalue weighted by Crippen LogP contribution is -2.50. The summed E-state index contributed by atoms with van der Waals surface area (Å²) >= 11 is 0. The molecule has 1 aliphatic heterocycles. The Hall–Kier alpha value is -1.97. The van der Waals surface area contributed by atoms with Crippen LogP contribution in [0.25, 0.3) is 0 Å². The molecule has 1 unspecified atom stereocenters. The monoisotopic (exact) mass is 398 g/mol. The number of carbonyl (C=O) groups excluding carboxylic acids is 1. The van der Waals surface area contributed by atoms with Crippen LogP contribution in [0.4, 0.5) is 0 Å². The number of sulfonamides is 1. The van der Waals surface area contributed by atoms with Crippen LogP contribution in [0.1, 0.15) is 42.6 Å². The maximum Gasteiger partial charge on any atom is 0.305 e. The van der Waals surface area contributed by atoms with Gasteiger partial charge in [-0.25, -0.2) is 8.42 Å². The van der Waals surface area contributed by atoms with E-state index < -0.39 is 27.4 Å². The Morgan fingerprint density at radius 1 is 1.30 bits per heavy atom. The number of carbonyl (C=O) groups is 2. The van der Waals surface area contributed by atoms with E-state index in [4.69, 9.17) is 9.84 Å². The zero-order valence-electron chi connectivity index (χ0n) is 15.8. The molecular weight excluding hydrogens is 372 g/mol. The Labute approximate surface area is 159 Å². The molecule has 9 heteroatoms. The highest BCUT2D eigenvalue weighted by Crippen LogP contribution is 2.25. The Morgan fingerprint density at radius 2 is 1.96 bits per heavy atom. The molecule has 1 aromatic carbocycles. The molecule has 2 N–H and O–H groups in total. The van der Waals surface area contributed by atoms with Gasteiger partial charge in [-0.05, 0) is 31.0 Å². The molecule has 0 saturated carbocycles. The third kappa shape index (κ3) is 4.66. The standard InChI is InChI=1S/C18H26N2O6S/c1-4-20(5-2)27(24,25)14-7-6-13(3)15(10-14)17(23)19-18(11-16(21)22)8-9-26-12-18/h6-7,10H,4-5,8-9,11-12H2,1-3H3,(H,19,23)(H,21,22). The number of nitrogens with zero attached hydrogens (tertiary/aromatic N) is 1. The van der Waals surface area contributed by atoms with Gasteiger partial charge in [-0.2, -0.15) is 4.31 Å². The summed E-state index contributed by atoms with van der Waals surface area (Å²) in [6.45, 7) is 6.33. The van der Waals surface area contributed by atoms with E-state index in [0.29, 0.717) is 31.7 Å². The van der Waals surface area contributed by atoms with Crippen LogP contribution in [-0.4, -0.2) is 61.5 Å². The molecule has 0 spiro atoms. The predicted molar refractivity (Wildman–Crippen MR) is 99.2 cm³/mol. The molecule has 1 heterocycles. The number of carboxylic acids is 1. The van der Waals surface area contributed by atoms with Gasteiger partial charge in [-0.1, -0.05) is 19.9 Å². The normalized spacial score (nSPS) is 20.0. The fourth-order valence-corrected chi connectivity index (χ4v) is 4.69. The van der Waals surface area contributed by atoms with Crippen molar-refractivity contribution in [3.05, 3.63) is 29.3 Å². The van der Waals surface area contributed by atoms with Gasteiger partial charge in [0.05, 0.1) is 23.5 Å². The van der Waals surface area contributed by atoms with E-state index in [1.165, 1.54) is 16.4 Å². The summed E-state index contributed by atoms with van der Waals surface area (Å²) in [5, 5.41) is 11.9. The third-order valence-corrected chi connectivity index (χ3v) is 6.81. The van der Waals surface area contributed by atoms with Crippen LogP contribution in [0.15, 0.2) is 23.1 Å². The first-order chi connectivity index (χ1) is 12.6. The Morgan fingerprint density at radius 3 is 2.48 bits per heavy atom. The van der Waals surface area contributed by atoms with Crippen LogP contribution in [0.3, 0.4) is 0 Å². The number of aliphatic carboxylic acids is 1. The van der Waals surface area contributed by atoms with E-state index >= 15 is 0 Å². The summed E-state index contributed by atoms with van der Waals surface area (Å²) in [6, 6.07) is 4.41. The van der Waals surface area contributed by atoms with E-state index in [1.54, 1.807) is 26.8 Å². The second-order valence-electron chi connectivity index (χ2n) is 6.67. The number of carboxylic acid groups (broad SMARTS) is 1. The topological polar surface area (TPSA) is 113 Å². The molecule has 1 fully saturated rings. The maximum atomic E-state index is 12.8. The van der Waals surface area contributed by atoms with Crippen molar-refractivity contribution in [3.8, 4) is 0 Å². The summed E-state index contributed by atoms with van der Waals surface area (Å²) in [5.74, 6) is -1.54. The SMILES string of the molecule is CCN(CC)S(=O)(=O)c1ccc(C)c(C(=O)NC2(CC(=O)O)CCOC2)c1. The summed E-state index contributed by atoms with van der Waals surface area (Å²) in [5.41, 5.74) is -0.168. The lowest BCUT2D eigenvalue weighted by Gasteiger charge is -2.27. The Bertz CT molecular complexity index is 811. The van der Waals surface area contributed by atoms with Crippen LogP contribution in [0.5, 0.6) is 0 Å². The number of aryl methyl sites for hydroxylation is 1. The highest BCUT2D eigenvalue weighted by molar-refractivity contribution is 7.89. The van der Waals surface area contributed by atoms with Gasteiger partial charge in [-0.3, -0.25) is 9.59 Å². The molecule has 1 aliphatic rings. The largest absolute Gasteiger partial charge is 0.481 e. The molecule has 150 valence electrons. The lowest BCUT2D eigenvalue weighted by atomic mass is 9.93. The molecule has 0 aromatic heterocycles. The smallest absolute Gasteiger partial charge is 0.305 e. The first-order valence-corrected chi connectivity index (χ1v) is 10.3. The predicted octanol–water partition coefficient (Wildman–Crippen LogP) is 1.39. The Kier molecular flexibility index (Phi) is 6.61. The molecule has 1 saturated heterocycles. The van der Waals surface area contributed by atoms with Gasteiger partial charge >= 0.3 is 5.97 Å². The molecule has 0 aliphatic carbocycles. The molecule has 0 bridgehead atoms. The van der Waals surface area contributed by atoms with Crippen molar-refractivity contribution in [3.63, 3.8) is 0 Å². The summed E-state index contributed by atoms with van der Waals surface area (Å²) in [7, 11) is -3.70. The average molecular weight is 398 g/mol. The van der Waals surface area contributed by atoms with Crippen LogP contribution in [0.2, 0.25) is 0 Å². The molecule has 1 aromatic rings. The number of hydrogen-bond acceptors (Lipinski definition) is 5. The quantitative estimate of drug-likeness (QED) is 0.684. The van der Waals surface area contributed by atoms with E-state index in [9.17, 15) is 18.0 Å². The molecule has 8 nitrogen and oxygen atoms in total. The second kappa shape index (κ2) is 8.37. The molecule has 2 rings (SSSR count). The Balaban J connectivity index is 2.35. The molecular formula is C18H26N2O6S. The van der Waals surface area contributed by atoms with Gasteiger partial charge in [-0.15, -0.1) is 0 Å². The van der Waals surface area contributed by atoms with Crippen molar-refractivity contribution in [2.24, 2.45) is 0 Å². The van der Waals surface area contributed by atoms with Crippen molar-refractivity contribution in [1.29, 1.82) is 0 Å². The van der Waals surface area contributed by atoms with E-state index in [1.807, 2.05) is 0 Å². The van der Waals surface area contributed by atoms with E-state index in [0.717, 1.165) is 0 Å². The zero-order chi connectivity index (χ0) is 20.2. The maximum absolute atomic E-state index is 12.8. The fourth-order valence-electron chi connectivity index (χ4n) is 3.21. The molecule has 27 heavy (non-hydrogen) atoms. The lowest BCUT2D eigenvalue weighted by molar-refractivity contribution is -0.138. The van der Waals surface area contributed by atoms with Crippen molar-refractivity contribution in [1.82, 2.24) is 9.62 Å². The molecule has 1 atom stereocenters. The summed E-state index contributed by atoms with van der Waals surface area (Å²) in [6.07, 6.45) is 0.136. The number of hydrogen-bond donors (Lipinski definition) is 2. The zero-order valence-corrected chi connectivity index (χ0v) is 16.6. The van der Waals surface area contributed by atoms with E-state index in [2.05, 4.69) is 5.32 Å². The van der Waals surface area contributed by atoms with Crippen LogP contribution in [0, 0.1) is 6.92 Å².